The Bertz CT molecular complexity index is 465. The first-order valence-corrected chi connectivity index (χ1v) is 7.58. The maximum Gasteiger partial charge on any atom is 0.214 e. The highest BCUT2D eigenvalue weighted by molar-refractivity contribution is 7.89. The summed E-state index contributed by atoms with van der Waals surface area (Å²) < 4.78 is 26.1. The van der Waals surface area contributed by atoms with Crippen molar-refractivity contribution in [3.05, 3.63) is 18.0 Å². The van der Waals surface area contributed by atoms with E-state index in [0.717, 1.165) is 5.56 Å². The lowest BCUT2D eigenvalue weighted by Crippen LogP contribution is -2.30. The van der Waals surface area contributed by atoms with Crippen LogP contribution in [0.3, 0.4) is 0 Å². The van der Waals surface area contributed by atoms with Gasteiger partial charge in [0, 0.05) is 45.0 Å². The van der Waals surface area contributed by atoms with Crippen LogP contribution in [-0.2, 0) is 16.6 Å². The molecule has 1 rings (SSSR count). The summed E-state index contributed by atoms with van der Waals surface area (Å²) in [5.41, 5.74) is 1.06. The molecule has 0 aliphatic rings. The summed E-state index contributed by atoms with van der Waals surface area (Å²) in [6, 6.07) is 0.341. The molecule has 7 heteroatoms. The van der Waals surface area contributed by atoms with Crippen molar-refractivity contribution in [2.45, 2.75) is 26.4 Å². The topological polar surface area (TPSA) is 67.2 Å². The molecule has 18 heavy (non-hydrogen) atoms. The number of rotatable bonds is 7. The molecule has 0 aliphatic carbocycles. The SMILES string of the molecule is CC(C)n1cc(CNCCS(=O)(=O)N(C)C)cn1. The second-order valence-electron chi connectivity index (χ2n) is 4.70. The van der Waals surface area contributed by atoms with Gasteiger partial charge >= 0.3 is 0 Å². The van der Waals surface area contributed by atoms with Crippen LogP contribution in [0.1, 0.15) is 25.5 Å². The van der Waals surface area contributed by atoms with Crippen LogP contribution in [0.25, 0.3) is 0 Å². The van der Waals surface area contributed by atoms with E-state index in [1.165, 1.54) is 4.31 Å². The third-order valence-corrected chi connectivity index (χ3v) is 4.44. The number of nitrogens with zero attached hydrogens (tertiary/aromatic N) is 3. The molecule has 0 saturated heterocycles. The molecule has 0 fully saturated rings. The lowest BCUT2D eigenvalue weighted by atomic mass is 10.3. The van der Waals surface area contributed by atoms with Crippen LogP contribution in [0.15, 0.2) is 12.4 Å². The molecule has 1 aromatic heterocycles. The Morgan fingerprint density at radius 2 is 2.11 bits per heavy atom. The van der Waals surface area contributed by atoms with Gasteiger partial charge in [0.15, 0.2) is 0 Å². The highest BCUT2D eigenvalue weighted by Crippen LogP contribution is 2.04. The minimum atomic E-state index is -3.11. The largest absolute Gasteiger partial charge is 0.311 e. The molecule has 6 nitrogen and oxygen atoms in total. The quantitative estimate of drug-likeness (QED) is 0.733. The Balaban J connectivity index is 2.34. The molecule has 0 saturated carbocycles. The van der Waals surface area contributed by atoms with Crippen LogP contribution in [0.2, 0.25) is 0 Å². The zero-order valence-electron chi connectivity index (χ0n) is 11.4. The van der Waals surface area contributed by atoms with Crippen LogP contribution >= 0.6 is 0 Å². The summed E-state index contributed by atoms with van der Waals surface area (Å²) in [4.78, 5) is 0. The summed E-state index contributed by atoms with van der Waals surface area (Å²) >= 11 is 0. The molecule has 0 radical (unpaired) electrons. The lowest BCUT2D eigenvalue weighted by Gasteiger charge is -2.11. The van der Waals surface area contributed by atoms with Crippen molar-refractivity contribution in [2.75, 3.05) is 26.4 Å². The van der Waals surface area contributed by atoms with E-state index in [9.17, 15) is 8.42 Å². The summed E-state index contributed by atoms with van der Waals surface area (Å²) in [7, 11) is -0.0235. The van der Waals surface area contributed by atoms with Gasteiger partial charge in [-0.1, -0.05) is 0 Å². The Hall–Kier alpha value is -0.920. The second kappa shape index (κ2) is 6.31. The molecule has 1 heterocycles. The first-order chi connectivity index (χ1) is 8.33. The monoisotopic (exact) mass is 274 g/mol. The van der Waals surface area contributed by atoms with Gasteiger partial charge in [0.1, 0.15) is 0 Å². The summed E-state index contributed by atoms with van der Waals surface area (Å²) in [5.74, 6) is 0.109. The van der Waals surface area contributed by atoms with E-state index in [4.69, 9.17) is 0 Å². The average molecular weight is 274 g/mol. The summed E-state index contributed by atoms with van der Waals surface area (Å²) in [6.45, 7) is 5.20. The molecular weight excluding hydrogens is 252 g/mol. The van der Waals surface area contributed by atoms with E-state index < -0.39 is 10.0 Å². The lowest BCUT2D eigenvalue weighted by molar-refractivity contribution is 0.517. The molecule has 0 aromatic carbocycles. The number of nitrogens with one attached hydrogen (secondary N) is 1. The van der Waals surface area contributed by atoms with Crippen LogP contribution in [-0.4, -0.2) is 48.9 Å². The predicted octanol–water partition coefficient (Wildman–Crippen LogP) is 0.445. The van der Waals surface area contributed by atoms with Gasteiger partial charge in [-0.2, -0.15) is 5.10 Å². The standard InChI is InChI=1S/C11H22N4O2S/c1-10(2)15-9-11(8-13-15)7-12-5-6-18(16,17)14(3)4/h8-10,12H,5-7H2,1-4H3. The molecule has 0 unspecified atom stereocenters. The van der Waals surface area contributed by atoms with Crippen molar-refractivity contribution in [3.63, 3.8) is 0 Å². The smallest absolute Gasteiger partial charge is 0.214 e. The zero-order valence-corrected chi connectivity index (χ0v) is 12.2. The Morgan fingerprint density at radius 1 is 1.44 bits per heavy atom. The van der Waals surface area contributed by atoms with E-state index >= 15 is 0 Å². The molecule has 104 valence electrons. The van der Waals surface area contributed by atoms with E-state index in [2.05, 4.69) is 24.3 Å². The molecule has 0 aliphatic heterocycles. The maximum atomic E-state index is 11.5. The van der Waals surface area contributed by atoms with Crippen molar-refractivity contribution in [1.29, 1.82) is 0 Å². The normalized spacial score (nSPS) is 12.6. The Kier molecular flexibility index (Phi) is 5.30. The molecule has 0 spiro atoms. The summed E-state index contributed by atoms with van der Waals surface area (Å²) in [6.07, 6.45) is 3.77. The highest BCUT2D eigenvalue weighted by atomic mass is 32.2. The van der Waals surface area contributed by atoms with Crippen molar-refractivity contribution >= 4 is 10.0 Å². The number of aromatic nitrogens is 2. The first-order valence-electron chi connectivity index (χ1n) is 5.97. The third-order valence-electron chi connectivity index (χ3n) is 2.61. The van der Waals surface area contributed by atoms with E-state index in [1.54, 1.807) is 20.3 Å². The van der Waals surface area contributed by atoms with E-state index in [-0.39, 0.29) is 5.75 Å². The molecule has 0 atom stereocenters. The number of sulfonamides is 1. The van der Waals surface area contributed by atoms with Crippen LogP contribution in [0.4, 0.5) is 0 Å². The Morgan fingerprint density at radius 3 is 2.61 bits per heavy atom. The molecule has 0 bridgehead atoms. The van der Waals surface area contributed by atoms with Crippen molar-refractivity contribution < 1.29 is 8.42 Å². The molecule has 1 N–H and O–H groups in total. The van der Waals surface area contributed by atoms with Gasteiger partial charge < -0.3 is 5.32 Å². The summed E-state index contributed by atoms with van der Waals surface area (Å²) in [5, 5.41) is 7.33. The van der Waals surface area contributed by atoms with Crippen LogP contribution in [0, 0.1) is 0 Å². The Labute approximate surface area is 109 Å². The fourth-order valence-electron chi connectivity index (χ4n) is 1.37. The fourth-order valence-corrected chi connectivity index (χ4v) is 2.13. The fraction of sp³-hybridized carbons (Fsp3) is 0.727. The maximum absolute atomic E-state index is 11.5. The van der Waals surface area contributed by atoms with E-state index in [1.807, 2.05) is 10.9 Å². The highest BCUT2D eigenvalue weighted by Gasteiger charge is 2.12. The molecule has 0 amide bonds. The van der Waals surface area contributed by atoms with E-state index in [0.29, 0.717) is 19.1 Å². The minimum absolute atomic E-state index is 0.109. The van der Waals surface area contributed by atoms with Gasteiger partial charge in [-0.15, -0.1) is 0 Å². The van der Waals surface area contributed by atoms with Gasteiger partial charge in [-0.05, 0) is 13.8 Å². The van der Waals surface area contributed by atoms with Crippen molar-refractivity contribution in [3.8, 4) is 0 Å². The minimum Gasteiger partial charge on any atom is -0.311 e. The van der Waals surface area contributed by atoms with Gasteiger partial charge in [0.2, 0.25) is 10.0 Å². The molecule has 1 aromatic rings. The average Bonchev–Trinajstić information content (AvgIpc) is 2.73. The third kappa shape index (κ3) is 4.40. The van der Waals surface area contributed by atoms with Gasteiger partial charge in [0.05, 0.1) is 11.9 Å². The van der Waals surface area contributed by atoms with Gasteiger partial charge in [0.25, 0.3) is 0 Å². The second-order valence-corrected chi connectivity index (χ2v) is 7.00. The van der Waals surface area contributed by atoms with Gasteiger partial charge in [-0.3, -0.25) is 4.68 Å². The van der Waals surface area contributed by atoms with Crippen molar-refractivity contribution in [2.24, 2.45) is 0 Å². The van der Waals surface area contributed by atoms with Gasteiger partial charge in [-0.25, -0.2) is 12.7 Å². The number of hydrogen-bond donors (Lipinski definition) is 1. The predicted molar refractivity (Wildman–Crippen MR) is 71.8 cm³/mol. The van der Waals surface area contributed by atoms with Crippen molar-refractivity contribution in [1.82, 2.24) is 19.4 Å². The van der Waals surface area contributed by atoms with Crippen LogP contribution in [0.5, 0.6) is 0 Å². The zero-order chi connectivity index (χ0) is 13.8. The number of hydrogen-bond acceptors (Lipinski definition) is 4. The first kappa shape index (κ1) is 15.1. The van der Waals surface area contributed by atoms with Crippen LogP contribution < -0.4 is 5.32 Å². The molecular formula is C11H22N4O2S.